The maximum absolute atomic E-state index is 13.4. The number of carboxylic acid groups (broad SMARTS) is 1. The second kappa shape index (κ2) is 5.21. The number of thiazole rings is 1. The van der Waals surface area contributed by atoms with Crippen molar-refractivity contribution in [3.63, 3.8) is 0 Å². The van der Waals surface area contributed by atoms with Crippen molar-refractivity contribution < 1.29 is 27.5 Å². The lowest BCUT2D eigenvalue weighted by atomic mass is 10.1. The van der Waals surface area contributed by atoms with E-state index in [0.29, 0.717) is 22.4 Å². The number of aromatic carboxylic acids is 1. The standard InChI is InChI=1S/C15H8F3N3O4S/c1-5-9(6-2-3-7-8(4-6)25-14(24)19-7)20-13-21(5)11(15(16,17)18)10(26-13)12(22)23/h2-4H,1H3,(H,19,24)(H,22,23). The number of nitrogens with zero attached hydrogens (tertiary/aromatic N) is 2. The summed E-state index contributed by atoms with van der Waals surface area (Å²) in [5.74, 6) is -2.31. The Balaban J connectivity index is 1.99. The van der Waals surface area contributed by atoms with Crippen molar-refractivity contribution in [3.05, 3.63) is 45.0 Å². The van der Waals surface area contributed by atoms with Crippen LogP contribution in [0.5, 0.6) is 0 Å². The number of hydrogen-bond acceptors (Lipinski definition) is 5. The quantitative estimate of drug-likeness (QED) is 0.552. The summed E-state index contributed by atoms with van der Waals surface area (Å²) < 4.78 is 46.0. The fourth-order valence-corrected chi connectivity index (χ4v) is 3.85. The zero-order valence-electron chi connectivity index (χ0n) is 12.8. The van der Waals surface area contributed by atoms with Crippen molar-refractivity contribution in [1.29, 1.82) is 0 Å². The van der Waals surface area contributed by atoms with Crippen LogP contribution in [0.3, 0.4) is 0 Å². The highest BCUT2D eigenvalue weighted by molar-refractivity contribution is 7.19. The molecular weight excluding hydrogens is 375 g/mol. The molecule has 0 radical (unpaired) electrons. The van der Waals surface area contributed by atoms with Crippen LogP contribution in [-0.2, 0) is 6.18 Å². The van der Waals surface area contributed by atoms with Gasteiger partial charge in [-0.15, -0.1) is 0 Å². The van der Waals surface area contributed by atoms with Crippen LogP contribution in [0.25, 0.3) is 27.3 Å². The molecule has 0 aliphatic heterocycles. The number of halogens is 3. The van der Waals surface area contributed by atoms with Gasteiger partial charge in [-0.2, -0.15) is 13.2 Å². The Morgan fingerprint density at radius 2 is 2.12 bits per heavy atom. The summed E-state index contributed by atoms with van der Waals surface area (Å²) >= 11 is 0.449. The first-order chi connectivity index (χ1) is 12.2. The summed E-state index contributed by atoms with van der Waals surface area (Å²) in [6.07, 6.45) is -4.86. The van der Waals surface area contributed by atoms with E-state index < -0.39 is 28.5 Å². The molecule has 4 rings (SSSR count). The molecule has 134 valence electrons. The molecule has 0 unspecified atom stereocenters. The lowest BCUT2D eigenvalue weighted by molar-refractivity contribution is -0.142. The molecule has 0 aliphatic carbocycles. The number of oxazole rings is 1. The highest BCUT2D eigenvalue weighted by Gasteiger charge is 2.41. The number of carboxylic acids is 1. The molecule has 3 aromatic heterocycles. The van der Waals surface area contributed by atoms with E-state index in [1.807, 2.05) is 0 Å². The molecule has 0 saturated heterocycles. The highest BCUT2D eigenvalue weighted by atomic mass is 32.1. The smallest absolute Gasteiger partial charge is 0.433 e. The highest BCUT2D eigenvalue weighted by Crippen LogP contribution is 2.39. The Bertz CT molecular complexity index is 1240. The van der Waals surface area contributed by atoms with Crippen LogP contribution >= 0.6 is 11.3 Å². The third kappa shape index (κ3) is 2.31. The molecule has 26 heavy (non-hydrogen) atoms. The Morgan fingerprint density at radius 1 is 1.38 bits per heavy atom. The number of benzene rings is 1. The predicted molar refractivity (Wildman–Crippen MR) is 85.6 cm³/mol. The molecular formula is C15H8F3N3O4S. The normalized spacial score (nSPS) is 12.3. The Morgan fingerprint density at radius 3 is 2.77 bits per heavy atom. The average molecular weight is 383 g/mol. The van der Waals surface area contributed by atoms with Gasteiger partial charge in [0.2, 0.25) is 0 Å². The van der Waals surface area contributed by atoms with Gasteiger partial charge < -0.3 is 9.52 Å². The summed E-state index contributed by atoms with van der Waals surface area (Å²) in [6.45, 7) is 1.42. The van der Waals surface area contributed by atoms with Crippen LogP contribution in [-0.4, -0.2) is 25.4 Å². The fraction of sp³-hybridized carbons (Fsp3) is 0.133. The van der Waals surface area contributed by atoms with E-state index >= 15 is 0 Å². The third-order valence-corrected chi connectivity index (χ3v) is 4.89. The molecule has 3 heterocycles. The minimum atomic E-state index is -4.86. The van der Waals surface area contributed by atoms with Gasteiger partial charge in [0.25, 0.3) is 0 Å². The van der Waals surface area contributed by atoms with Gasteiger partial charge in [0.1, 0.15) is 4.88 Å². The first-order valence-corrected chi connectivity index (χ1v) is 7.94. The number of aromatic nitrogens is 3. The Hall–Kier alpha value is -3.08. The number of carbonyl (C=O) groups is 1. The Labute approximate surface area is 145 Å². The molecule has 2 N–H and O–H groups in total. The van der Waals surface area contributed by atoms with Crippen molar-refractivity contribution >= 4 is 33.4 Å². The number of imidazole rings is 1. The zero-order valence-corrected chi connectivity index (χ0v) is 13.7. The molecule has 4 aromatic rings. The number of alkyl halides is 3. The van der Waals surface area contributed by atoms with Crippen LogP contribution in [0.2, 0.25) is 0 Å². The van der Waals surface area contributed by atoms with Gasteiger partial charge in [0, 0.05) is 11.3 Å². The van der Waals surface area contributed by atoms with Crippen LogP contribution in [0.4, 0.5) is 13.2 Å². The van der Waals surface area contributed by atoms with E-state index in [-0.39, 0.29) is 21.9 Å². The molecule has 0 bridgehead atoms. The van der Waals surface area contributed by atoms with Crippen molar-refractivity contribution in [2.24, 2.45) is 0 Å². The lowest BCUT2D eigenvalue weighted by Gasteiger charge is -2.08. The van der Waals surface area contributed by atoms with E-state index in [4.69, 9.17) is 9.52 Å². The van der Waals surface area contributed by atoms with Gasteiger partial charge in [-0.3, -0.25) is 9.38 Å². The minimum Gasteiger partial charge on any atom is -0.477 e. The van der Waals surface area contributed by atoms with E-state index in [9.17, 15) is 22.8 Å². The number of fused-ring (bicyclic) bond motifs is 2. The van der Waals surface area contributed by atoms with Gasteiger partial charge in [0.05, 0.1) is 11.2 Å². The van der Waals surface area contributed by atoms with E-state index in [1.54, 1.807) is 12.1 Å². The number of aromatic amines is 1. The molecule has 7 nitrogen and oxygen atoms in total. The topological polar surface area (TPSA) is 101 Å². The van der Waals surface area contributed by atoms with Crippen molar-refractivity contribution in [3.8, 4) is 11.3 Å². The molecule has 0 aliphatic rings. The number of nitrogens with one attached hydrogen (secondary N) is 1. The van der Waals surface area contributed by atoms with Crippen LogP contribution in [0, 0.1) is 6.92 Å². The number of rotatable bonds is 2. The summed E-state index contributed by atoms with van der Waals surface area (Å²) in [7, 11) is 0. The maximum atomic E-state index is 13.4. The van der Waals surface area contributed by atoms with Crippen molar-refractivity contribution in [2.45, 2.75) is 13.1 Å². The van der Waals surface area contributed by atoms with Gasteiger partial charge in [-0.25, -0.2) is 14.6 Å². The summed E-state index contributed by atoms with van der Waals surface area (Å²) in [5, 5.41) is 9.07. The van der Waals surface area contributed by atoms with Crippen molar-refractivity contribution in [2.75, 3.05) is 0 Å². The lowest BCUT2D eigenvalue weighted by Crippen LogP contribution is -2.14. The minimum absolute atomic E-state index is 0.0853. The monoisotopic (exact) mass is 383 g/mol. The number of aryl methyl sites for hydroxylation is 1. The third-order valence-electron chi connectivity index (χ3n) is 3.87. The first kappa shape index (κ1) is 16.4. The Kier molecular flexibility index (Phi) is 3.28. The van der Waals surface area contributed by atoms with E-state index in [1.165, 1.54) is 13.0 Å². The molecule has 0 spiro atoms. The summed E-state index contributed by atoms with van der Waals surface area (Å²) in [6, 6.07) is 4.62. The largest absolute Gasteiger partial charge is 0.477 e. The van der Waals surface area contributed by atoms with Crippen molar-refractivity contribution in [1.82, 2.24) is 14.4 Å². The predicted octanol–water partition coefficient (Wildman–Crippen LogP) is 3.52. The summed E-state index contributed by atoms with van der Waals surface area (Å²) in [5.41, 5.74) is 0.235. The fourth-order valence-electron chi connectivity index (χ4n) is 2.82. The molecule has 0 saturated carbocycles. The van der Waals surface area contributed by atoms with Gasteiger partial charge >= 0.3 is 17.9 Å². The number of hydrogen-bond donors (Lipinski definition) is 2. The second-order valence-corrected chi connectivity index (χ2v) is 6.45. The molecule has 0 atom stereocenters. The maximum Gasteiger partial charge on any atom is 0.433 e. The van der Waals surface area contributed by atoms with Crippen LogP contribution in [0.15, 0.2) is 27.4 Å². The summed E-state index contributed by atoms with van der Waals surface area (Å²) in [4.78, 5) is 28.1. The average Bonchev–Trinajstić information content (AvgIpc) is 3.17. The van der Waals surface area contributed by atoms with Gasteiger partial charge in [-0.1, -0.05) is 17.4 Å². The molecule has 0 amide bonds. The van der Waals surface area contributed by atoms with Gasteiger partial charge in [0.15, 0.2) is 16.2 Å². The van der Waals surface area contributed by atoms with E-state index in [0.717, 1.165) is 4.40 Å². The molecule has 0 fully saturated rings. The SMILES string of the molecule is Cc1c(-c2ccc3[nH]c(=O)oc3c2)nc2sc(C(=O)O)c(C(F)(F)F)n12. The molecule has 1 aromatic carbocycles. The van der Waals surface area contributed by atoms with Crippen LogP contribution in [0.1, 0.15) is 21.1 Å². The molecule has 11 heteroatoms. The second-order valence-electron chi connectivity index (χ2n) is 5.47. The number of H-pyrrole nitrogens is 1. The first-order valence-electron chi connectivity index (χ1n) is 7.12. The van der Waals surface area contributed by atoms with Gasteiger partial charge in [-0.05, 0) is 19.1 Å². The van der Waals surface area contributed by atoms with Crippen LogP contribution < -0.4 is 5.76 Å². The van der Waals surface area contributed by atoms with E-state index in [2.05, 4.69) is 9.97 Å². The zero-order chi connectivity index (χ0) is 18.8.